The number of halogens is 1. The van der Waals surface area contributed by atoms with Gasteiger partial charge in [-0.1, -0.05) is 40.2 Å². The van der Waals surface area contributed by atoms with E-state index in [0.717, 1.165) is 16.6 Å². The number of para-hydroxylation sites is 1. The molecule has 2 rings (SSSR count). The molecule has 0 atom stereocenters. The van der Waals surface area contributed by atoms with Gasteiger partial charge in [-0.25, -0.2) is 0 Å². The summed E-state index contributed by atoms with van der Waals surface area (Å²) in [6, 6.07) is 15.3. The summed E-state index contributed by atoms with van der Waals surface area (Å²) in [4.78, 5) is 14.2. The molecule has 23 heavy (non-hydrogen) atoms. The molecular weight excluding hydrogens is 356 g/mol. The minimum atomic E-state index is -0.0355. The van der Waals surface area contributed by atoms with Crippen molar-refractivity contribution in [3.8, 4) is 5.75 Å². The van der Waals surface area contributed by atoms with Crippen molar-refractivity contribution < 1.29 is 9.53 Å². The average molecular weight is 377 g/mol. The van der Waals surface area contributed by atoms with Gasteiger partial charge in [-0.15, -0.1) is 0 Å². The summed E-state index contributed by atoms with van der Waals surface area (Å²) in [5.41, 5.74) is 1.64. The minimum absolute atomic E-state index is 0.0355. The average Bonchev–Trinajstić information content (AvgIpc) is 2.58. The van der Waals surface area contributed by atoms with E-state index >= 15 is 0 Å². The fourth-order valence-corrected chi connectivity index (χ4v) is 2.36. The highest BCUT2D eigenvalue weighted by Crippen LogP contribution is 2.21. The van der Waals surface area contributed by atoms with Gasteiger partial charge in [0.15, 0.2) is 0 Å². The molecule has 0 aromatic heterocycles. The third kappa shape index (κ3) is 5.08. The summed E-state index contributed by atoms with van der Waals surface area (Å²) in [6.07, 6.45) is 0. The van der Waals surface area contributed by atoms with Gasteiger partial charge >= 0.3 is 0 Å². The lowest BCUT2D eigenvalue weighted by atomic mass is 10.1. The Balaban J connectivity index is 2.07. The van der Waals surface area contributed by atoms with Crippen molar-refractivity contribution in [1.29, 1.82) is 0 Å². The number of amides is 1. The summed E-state index contributed by atoms with van der Waals surface area (Å²) in [7, 11) is 3.67. The molecule has 0 unspecified atom stereocenters. The van der Waals surface area contributed by atoms with Crippen molar-refractivity contribution >= 4 is 21.8 Å². The molecule has 1 N–H and O–H groups in total. The normalized spacial score (nSPS) is 10.4. The fraction of sp³-hybridized carbons (Fsp3) is 0.278. The van der Waals surface area contributed by atoms with Gasteiger partial charge < -0.3 is 15.0 Å². The zero-order valence-corrected chi connectivity index (χ0v) is 15.0. The number of nitrogens with one attached hydrogen (secondary N) is 1. The van der Waals surface area contributed by atoms with E-state index in [2.05, 4.69) is 21.2 Å². The molecule has 0 radical (unpaired) electrons. The van der Waals surface area contributed by atoms with Crippen molar-refractivity contribution in [2.75, 3.05) is 27.2 Å². The Hall–Kier alpha value is -1.85. The molecule has 0 saturated heterocycles. The second-order valence-corrected chi connectivity index (χ2v) is 6.16. The SMILES string of the molecule is CNCCN(C)C(=O)c1ccccc1OCc1ccc(Br)cc1. The largest absolute Gasteiger partial charge is 0.488 e. The highest BCUT2D eigenvalue weighted by atomic mass is 79.9. The predicted molar refractivity (Wildman–Crippen MR) is 95.8 cm³/mol. The summed E-state index contributed by atoms with van der Waals surface area (Å²) in [6.45, 7) is 1.83. The first-order chi connectivity index (χ1) is 11.1. The van der Waals surface area contributed by atoms with E-state index in [4.69, 9.17) is 4.74 Å². The molecule has 4 nitrogen and oxygen atoms in total. The van der Waals surface area contributed by atoms with E-state index in [1.807, 2.05) is 49.5 Å². The van der Waals surface area contributed by atoms with E-state index in [-0.39, 0.29) is 5.91 Å². The van der Waals surface area contributed by atoms with Crippen LogP contribution in [0.5, 0.6) is 5.75 Å². The lowest BCUT2D eigenvalue weighted by Crippen LogP contribution is -2.33. The van der Waals surface area contributed by atoms with Gasteiger partial charge in [-0.05, 0) is 36.9 Å². The molecule has 0 bridgehead atoms. The topological polar surface area (TPSA) is 41.6 Å². The standard InChI is InChI=1S/C18H21BrN2O2/c1-20-11-12-21(2)18(22)16-5-3-4-6-17(16)23-13-14-7-9-15(19)10-8-14/h3-10,20H,11-13H2,1-2H3. The van der Waals surface area contributed by atoms with Crippen molar-refractivity contribution in [3.05, 3.63) is 64.1 Å². The Morgan fingerprint density at radius 1 is 1.17 bits per heavy atom. The molecule has 5 heteroatoms. The Morgan fingerprint density at radius 3 is 2.57 bits per heavy atom. The van der Waals surface area contributed by atoms with Gasteiger partial charge in [-0.3, -0.25) is 4.79 Å². The molecular formula is C18H21BrN2O2. The van der Waals surface area contributed by atoms with E-state index in [1.54, 1.807) is 18.0 Å². The summed E-state index contributed by atoms with van der Waals surface area (Å²) < 4.78 is 6.89. The number of carbonyl (C=O) groups excluding carboxylic acids is 1. The van der Waals surface area contributed by atoms with Crippen LogP contribution in [0.15, 0.2) is 53.0 Å². The number of nitrogens with zero attached hydrogens (tertiary/aromatic N) is 1. The maximum absolute atomic E-state index is 12.5. The van der Waals surface area contributed by atoms with E-state index in [9.17, 15) is 4.79 Å². The van der Waals surface area contributed by atoms with Crippen molar-refractivity contribution in [2.45, 2.75) is 6.61 Å². The van der Waals surface area contributed by atoms with Gasteiger partial charge in [-0.2, -0.15) is 0 Å². The predicted octanol–water partition coefficient (Wildman–Crippen LogP) is 3.32. The molecule has 0 spiro atoms. The van der Waals surface area contributed by atoms with Gasteiger partial charge in [0.25, 0.3) is 5.91 Å². The van der Waals surface area contributed by atoms with Gasteiger partial charge in [0.1, 0.15) is 12.4 Å². The smallest absolute Gasteiger partial charge is 0.257 e. The molecule has 2 aromatic carbocycles. The first-order valence-electron chi connectivity index (χ1n) is 7.48. The third-order valence-electron chi connectivity index (χ3n) is 3.47. The Kier molecular flexibility index (Phi) is 6.62. The van der Waals surface area contributed by atoms with Crippen LogP contribution < -0.4 is 10.1 Å². The van der Waals surface area contributed by atoms with Crippen LogP contribution in [0.25, 0.3) is 0 Å². The first kappa shape index (κ1) is 17.5. The molecule has 1 amide bonds. The van der Waals surface area contributed by atoms with E-state index in [1.165, 1.54) is 0 Å². The quantitative estimate of drug-likeness (QED) is 0.805. The Bertz CT molecular complexity index is 644. The second-order valence-electron chi connectivity index (χ2n) is 5.24. The van der Waals surface area contributed by atoms with Crippen LogP contribution in [0, 0.1) is 0 Å². The Labute approximate surface area is 145 Å². The number of rotatable bonds is 7. The van der Waals surface area contributed by atoms with Crippen LogP contribution >= 0.6 is 15.9 Å². The van der Waals surface area contributed by atoms with Crippen LogP contribution in [0.3, 0.4) is 0 Å². The van der Waals surface area contributed by atoms with Crippen LogP contribution in [0.2, 0.25) is 0 Å². The van der Waals surface area contributed by atoms with Crippen molar-refractivity contribution in [1.82, 2.24) is 10.2 Å². The molecule has 0 saturated carbocycles. The van der Waals surface area contributed by atoms with Crippen LogP contribution in [-0.2, 0) is 6.61 Å². The maximum atomic E-state index is 12.5. The highest BCUT2D eigenvalue weighted by Gasteiger charge is 2.16. The first-order valence-corrected chi connectivity index (χ1v) is 8.27. The number of ether oxygens (including phenoxy) is 1. The summed E-state index contributed by atoms with van der Waals surface area (Å²) in [5.74, 6) is 0.573. The van der Waals surface area contributed by atoms with Crippen LogP contribution in [0.4, 0.5) is 0 Å². The van der Waals surface area contributed by atoms with Gasteiger partial charge in [0.2, 0.25) is 0 Å². The maximum Gasteiger partial charge on any atom is 0.257 e. The number of carbonyl (C=O) groups is 1. The molecule has 2 aromatic rings. The van der Waals surface area contributed by atoms with Crippen molar-refractivity contribution in [2.24, 2.45) is 0 Å². The molecule has 0 heterocycles. The minimum Gasteiger partial charge on any atom is -0.488 e. The van der Waals surface area contributed by atoms with Crippen LogP contribution in [-0.4, -0.2) is 38.0 Å². The number of benzene rings is 2. The van der Waals surface area contributed by atoms with Crippen molar-refractivity contribution in [3.63, 3.8) is 0 Å². The number of likely N-dealkylation sites (N-methyl/N-ethyl adjacent to an activating group) is 2. The molecule has 122 valence electrons. The third-order valence-corrected chi connectivity index (χ3v) is 4.00. The molecule has 0 aliphatic carbocycles. The fourth-order valence-electron chi connectivity index (χ4n) is 2.10. The lowest BCUT2D eigenvalue weighted by molar-refractivity contribution is 0.0792. The lowest BCUT2D eigenvalue weighted by Gasteiger charge is -2.19. The van der Waals surface area contributed by atoms with E-state index in [0.29, 0.717) is 24.5 Å². The zero-order chi connectivity index (χ0) is 16.7. The molecule has 0 aliphatic heterocycles. The highest BCUT2D eigenvalue weighted by molar-refractivity contribution is 9.10. The van der Waals surface area contributed by atoms with Gasteiger partial charge in [0, 0.05) is 24.6 Å². The van der Waals surface area contributed by atoms with E-state index < -0.39 is 0 Å². The molecule has 0 fully saturated rings. The number of hydrogen-bond donors (Lipinski definition) is 1. The summed E-state index contributed by atoms with van der Waals surface area (Å²) in [5, 5.41) is 3.04. The van der Waals surface area contributed by atoms with Gasteiger partial charge in [0.05, 0.1) is 5.56 Å². The second kappa shape index (κ2) is 8.70. The Morgan fingerprint density at radius 2 is 1.87 bits per heavy atom. The van der Waals surface area contributed by atoms with Crippen LogP contribution in [0.1, 0.15) is 15.9 Å². The molecule has 0 aliphatic rings. The zero-order valence-electron chi connectivity index (χ0n) is 13.4. The summed E-state index contributed by atoms with van der Waals surface area (Å²) >= 11 is 3.41. The number of hydrogen-bond acceptors (Lipinski definition) is 3. The monoisotopic (exact) mass is 376 g/mol.